The topological polar surface area (TPSA) is 111 Å². The molecular weight excluding hydrogens is 408 g/mol. The van der Waals surface area contributed by atoms with Gasteiger partial charge in [0.2, 0.25) is 21.8 Å². The van der Waals surface area contributed by atoms with E-state index < -0.39 is 10.0 Å². The van der Waals surface area contributed by atoms with Crippen LogP contribution in [0.25, 0.3) is 11.1 Å². The lowest BCUT2D eigenvalue weighted by molar-refractivity contribution is -0.116. The van der Waals surface area contributed by atoms with Gasteiger partial charge in [0, 0.05) is 31.5 Å². The maximum atomic E-state index is 13.3. The number of fused-ring (bicyclic) bond motifs is 1. The van der Waals surface area contributed by atoms with Crippen LogP contribution in [0.15, 0.2) is 23.1 Å². The van der Waals surface area contributed by atoms with Crippen molar-refractivity contribution >= 4 is 27.7 Å². The summed E-state index contributed by atoms with van der Waals surface area (Å²) >= 11 is 0. The van der Waals surface area contributed by atoms with Crippen molar-refractivity contribution < 1.29 is 22.7 Å². The first-order valence-corrected chi connectivity index (χ1v) is 11.4. The number of nitrogens with zero attached hydrogens (tertiary/aromatic N) is 3. The molecule has 30 heavy (non-hydrogen) atoms. The minimum absolute atomic E-state index is 0.0648. The molecule has 0 atom stereocenters. The van der Waals surface area contributed by atoms with Crippen molar-refractivity contribution in [2.75, 3.05) is 25.5 Å². The molecule has 1 aromatic heterocycles. The number of anilines is 1. The van der Waals surface area contributed by atoms with Gasteiger partial charge in [0.05, 0.1) is 12.8 Å². The van der Waals surface area contributed by atoms with E-state index in [-0.39, 0.29) is 41.1 Å². The molecule has 1 saturated heterocycles. The van der Waals surface area contributed by atoms with E-state index in [1.54, 1.807) is 19.1 Å². The normalized spacial score (nSPS) is 17.9. The van der Waals surface area contributed by atoms with Crippen LogP contribution in [-0.4, -0.2) is 54.5 Å². The van der Waals surface area contributed by atoms with Gasteiger partial charge >= 0.3 is 0 Å². The number of amides is 1. The van der Waals surface area contributed by atoms with Gasteiger partial charge in [0.25, 0.3) is 0 Å². The van der Waals surface area contributed by atoms with Gasteiger partial charge in [0.15, 0.2) is 0 Å². The number of hydrogen-bond donors (Lipinski definition) is 1. The highest BCUT2D eigenvalue weighted by Crippen LogP contribution is 2.38. The Hall–Kier alpha value is -2.72. The Morgan fingerprint density at radius 2 is 1.83 bits per heavy atom. The lowest BCUT2D eigenvalue weighted by Crippen LogP contribution is -2.35. The highest BCUT2D eigenvalue weighted by molar-refractivity contribution is 7.89. The first-order chi connectivity index (χ1) is 14.3. The van der Waals surface area contributed by atoms with Crippen LogP contribution >= 0.6 is 0 Å². The predicted molar refractivity (Wildman–Crippen MR) is 110 cm³/mol. The number of aryl methyl sites for hydroxylation is 1. The lowest BCUT2D eigenvalue weighted by atomic mass is 10.1. The Morgan fingerprint density at radius 1 is 1.10 bits per heavy atom. The SMILES string of the molecule is COc1ccc(-c2c(C)nn3c2NC(=O)CCC3=O)cc1S(=O)(=O)N1CCCCC1. The number of ether oxygens (including phenoxy) is 1. The number of aromatic nitrogens is 2. The molecule has 0 radical (unpaired) electrons. The van der Waals surface area contributed by atoms with Crippen molar-refractivity contribution in [3.05, 3.63) is 23.9 Å². The van der Waals surface area contributed by atoms with E-state index in [1.165, 1.54) is 22.2 Å². The van der Waals surface area contributed by atoms with E-state index in [9.17, 15) is 18.0 Å². The third-order valence-electron chi connectivity index (χ3n) is 5.51. The number of rotatable bonds is 4. The van der Waals surface area contributed by atoms with E-state index in [0.29, 0.717) is 29.9 Å². The molecule has 1 amide bonds. The summed E-state index contributed by atoms with van der Waals surface area (Å²) < 4.78 is 34.7. The highest BCUT2D eigenvalue weighted by atomic mass is 32.2. The molecule has 0 unspecified atom stereocenters. The highest BCUT2D eigenvalue weighted by Gasteiger charge is 2.31. The molecule has 2 aliphatic rings. The number of methoxy groups -OCH3 is 1. The van der Waals surface area contributed by atoms with Gasteiger partial charge in [-0.1, -0.05) is 12.5 Å². The summed E-state index contributed by atoms with van der Waals surface area (Å²) in [5, 5.41) is 7.03. The molecule has 0 aliphatic carbocycles. The van der Waals surface area contributed by atoms with Crippen molar-refractivity contribution in [3.63, 3.8) is 0 Å². The molecule has 2 aliphatic heterocycles. The van der Waals surface area contributed by atoms with Crippen molar-refractivity contribution in [2.24, 2.45) is 0 Å². The fourth-order valence-electron chi connectivity index (χ4n) is 3.97. The number of piperidine rings is 1. The summed E-state index contributed by atoms with van der Waals surface area (Å²) in [7, 11) is -2.32. The van der Waals surface area contributed by atoms with Gasteiger partial charge in [-0.25, -0.2) is 8.42 Å². The molecule has 0 spiro atoms. The zero-order valence-electron chi connectivity index (χ0n) is 17.0. The zero-order valence-corrected chi connectivity index (χ0v) is 17.8. The van der Waals surface area contributed by atoms with Gasteiger partial charge in [-0.2, -0.15) is 14.1 Å². The summed E-state index contributed by atoms with van der Waals surface area (Å²) in [6.45, 7) is 2.67. The van der Waals surface area contributed by atoms with E-state index in [1.807, 2.05) is 0 Å². The number of carbonyl (C=O) groups is 2. The van der Waals surface area contributed by atoms with Crippen LogP contribution in [0.4, 0.5) is 5.82 Å². The second-order valence-electron chi connectivity index (χ2n) is 7.49. The quantitative estimate of drug-likeness (QED) is 0.794. The van der Waals surface area contributed by atoms with Crippen molar-refractivity contribution in [1.29, 1.82) is 0 Å². The van der Waals surface area contributed by atoms with Crippen LogP contribution < -0.4 is 10.1 Å². The van der Waals surface area contributed by atoms with Crippen LogP contribution in [0.1, 0.15) is 42.6 Å². The summed E-state index contributed by atoms with van der Waals surface area (Å²) in [5.74, 6) is -0.0443. The van der Waals surface area contributed by atoms with E-state index >= 15 is 0 Å². The minimum Gasteiger partial charge on any atom is -0.495 e. The van der Waals surface area contributed by atoms with Crippen LogP contribution in [0.5, 0.6) is 5.75 Å². The van der Waals surface area contributed by atoms with E-state index in [2.05, 4.69) is 10.4 Å². The summed E-state index contributed by atoms with van der Waals surface area (Å²) in [5.41, 5.74) is 1.59. The summed E-state index contributed by atoms with van der Waals surface area (Å²) in [6, 6.07) is 4.84. The molecule has 3 heterocycles. The number of carbonyl (C=O) groups excluding carboxylic acids is 2. The third kappa shape index (κ3) is 3.50. The fraction of sp³-hybridized carbons (Fsp3) is 0.450. The van der Waals surface area contributed by atoms with E-state index in [4.69, 9.17) is 4.74 Å². The number of sulfonamides is 1. The largest absolute Gasteiger partial charge is 0.495 e. The Morgan fingerprint density at radius 3 is 2.53 bits per heavy atom. The Kier molecular flexibility index (Phi) is 5.37. The lowest BCUT2D eigenvalue weighted by Gasteiger charge is -2.26. The molecule has 160 valence electrons. The molecular formula is C20H24N4O5S. The second kappa shape index (κ2) is 7.84. The second-order valence-corrected chi connectivity index (χ2v) is 9.40. The third-order valence-corrected chi connectivity index (χ3v) is 7.43. The van der Waals surface area contributed by atoms with Crippen molar-refractivity contribution in [3.8, 4) is 16.9 Å². The van der Waals surface area contributed by atoms with E-state index in [0.717, 1.165) is 19.3 Å². The molecule has 0 saturated carbocycles. The Labute approximate surface area is 175 Å². The average Bonchev–Trinajstić information content (AvgIpc) is 3.00. The van der Waals surface area contributed by atoms with Crippen LogP contribution in [0.3, 0.4) is 0 Å². The molecule has 9 nitrogen and oxygen atoms in total. The van der Waals surface area contributed by atoms with Crippen LogP contribution in [0.2, 0.25) is 0 Å². The molecule has 0 bridgehead atoms. The smallest absolute Gasteiger partial charge is 0.249 e. The summed E-state index contributed by atoms with van der Waals surface area (Å²) in [4.78, 5) is 24.5. The standard InChI is InChI=1S/C20H24N4O5S/c1-13-19(20-21-17(25)8-9-18(26)24(20)22-13)14-6-7-15(29-2)16(12-14)30(27,28)23-10-4-3-5-11-23/h6-7,12H,3-5,8-11H2,1-2H3,(H,21,25). The molecule has 1 fully saturated rings. The van der Waals surface area contributed by atoms with Gasteiger partial charge in [-0.3, -0.25) is 9.59 Å². The van der Waals surface area contributed by atoms with Gasteiger partial charge < -0.3 is 10.1 Å². The first-order valence-electron chi connectivity index (χ1n) is 9.94. The zero-order chi connectivity index (χ0) is 21.5. The number of nitrogens with one attached hydrogen (secondary N) is 1. The van der Waals surface area contributed by atoms with Gasteiger partial charge in [-0.15, -0.1) is 0 Å². The first kappa shape index (κ1) is 20.5. The van der Waals surface area contributed by atoms with Crippen LogP contribution in [-0.2, 0) is 14.8 Å². The van der Waals surface area contributed by atoms with Crippen LogP contribution in [0, 0.1) is 6.92 Å². The molecule has 1 aromatic carbocycles. The molecule has 2 aromatic rings. The maximum Gasteiger partial charge on any atom is 0.249 e. The number of benzene rings is 1. The molecule has 1 N–H and O–H groups in total. The van der Waals surface area contributed by atoms with Gasteiger partial charge in [-0.05, 0) is 37.5 Å². The molecule has 4 rings (SSSR count). The average molecular weight is 433 g/mol. The predicted octanol–water partition coefficient (Wildman–Crippen LogP) is 2.41. The van der Waals surface area contributed by atoms with Crippen molar-refractivity contribution in [1.82, 2.24) is 14.1 Å². The van der Waals surface area contributed by atoms with Crippen molar-refractivity contribution in [2.45, 2.75) is 43.9 Å². The van der Waals surface area contributed by atoms with Gasteiger partial charge in [0.1, 0.15) is 16.5 Å². The Bertz CT molecular complexity index is 1120. The monoisotopic (exact) mass is 432 g/mol. The Balaban J connectivity index is 1.85. The fourth-order valence-corrected chi connectivity index (χ4v) is 5.67. The minimum atomic E-state index is -3.75. The maximum absolute atomic E-state index is 13.3. The molecule has 10 heteroatoms. The summed E-state index contributed by atoms with van der Waals surface area (Å²) in [6.07, 6.45) is 2.81. The number of hydrogen-bond acceptors (Lipinski definition) is 6.